The number of hydrogen-bond acceptors (Lipinski definition) is 2. The van der Waals surface area contributed by atoms with Gasteiger partial charge >= 0.3 is 0 Å². The Hall–Kier alpha value is 0.140. The van der Waals surface area contributed by atoms with Crippen molar-refractivity contribution in [3.63, 3.8) is 0 Å². The van der Waals surface area contributed by atoms with Gasteiger partial charge in [-0.1, -0.05) is 20.8 Å². The highest BCUT2D eigenvalue weighted by Crippen LogP contribution is 2.54. The van der Waals surface area contributed by atoms with E-state index in [2.05, 4.69) is 55.0 Å². The maximum absolute atomic E-state index is 3.68. The maximum atomic E-state index is 3.68. The summed E-state index contributed by atoms with van der Waals surface area (Å²) >= 11 is 5.46. The zero-order valence-corrected chi connectivity index (χ0v) is 13.5. The largest absolute Gasteiger partial charge is 0.313 e. The molecule has 1 aromatic rings. The summed E-state index contributed by atoms with van der Waals surface area (Å²) in [5, 5.41) is 3.68. The van der Waals surface area contributed by atoms with E-state index < -0.39 is 0 Å². The predicted molar refractivity (Wildman–Crippen MR) is 80.0 cm³/mol. The van der Waals surface area contributed by atoms with Crippen LogP contribution < -0.4 is 5.32 Å². The summed E-state index contributed by atoms with van der Waals surface area (Å²) in [5.74, 6) is 0.722. The second-order valence-electron chi connectivity index (χ2n) is 5.68. The summed E-state index contributed by atoms with van der Waals surface area (Å²) in [6.07, 6.45) is 2.51. The van der Waals surface area contributed by atoms with E-state index in [4.69, 9.17) is 0 Å². The summed E-state index contributed by atoms with van der Waals surface area (Å²) in [6.45, 7) is 10.4. The molecule has 2 atom stereocenters. The van der Waals surface area contributed by atoms with Gasteiger partial charge in [0, 0.05) is 10.9 Å². The van der Waals surface area contributed by atoms with Crippen molar-refractivity contribution >= 4 is 27.3 Å². The van der Waals surface area contributed by atoms with Gasteiger partial charge in [0.15, 0.2) is 0 Å². The van der Waals surface area contributed by atoms with Crippen molar-refractivity contribution in [1.29, 1.82) is 0 Å². The van der Waals surface area contributed by atoms with Crippen LogP contribution in [0.15, 0.2) is 9.85 Å². The number of nitrogens with one attached hydrogen (secondary N) is 1. The van der Waals surface area contributed by atoms with E-state index >= 15 is 0 Å². The van der Waals surface area contributed by atoms with Crippen LogP contribution >= 0.6 is 27.3 Å². The van der Waals surface area contributed by atoms with Crippen LogP contribution in [0.25, 0.3) is 0 Å². The van der Waals surface area contributed by atoms with Gasteiger partial charge in [0.2, 0.25) is 0 Å². The van der Waals surface area contributed by atoms with E-state index in [1.54, 1.807) is 5.56 Å². The van der Waals surface area contributed by atoms with Crippen LogP contribution in [0.3, 0.4) is 0 Å². The van der Waals surface area contributed by atoms with Crippen LogP contribution in [-0.2, 0) is 0 Å². The average molecular weight is 316 g/mol. The van der Waals surface area contributed by atoms with Crippen LogP contribution in [0.4, 0.5) is 0 Å². The fourth-order valence-electron chi connectivity index (χ4n) is 2.92. The Morgan fingerprint density at radius 2 is 2.24 bits per heavy atom. The van der Waals surface area contributed by atoms with Gasteiger partial charge < -0.3 is 5.32 Å². The first-order chi connectivity index (χ1) is 7.96. The average Bonchev–Trinajstić information content (AvgIpc) is 2.56. The summed E-state index contributed by atoms with van der Waals surface area (Å²) in [6, 6.07) is 3.01. The van der Waals surface area contributed by atoms with Gasteiger partial charge in [0.25, 0.3) is 0 Å². The number of thiophene rings is 1. The summed E-state index contributed by atoms with van der Waals surface area (Å²) < 4.78 is 1.27. The molecule has 1 aliphatic carbocycles. The molecule has 0 amide bonds. The molecule has 1 N–H and O–H groups in total. The number of halogens is 1. The molecule has 1 saturated carbocycles. The molecular weight excluding hydrogens is 294 g/mol. The number of rotatable bonds is 4. The fraction of sp³-hybridized carbons (Fsp3) is 0.714. The molecule has 1 heterocycles. The SMILES string of the molecule is CCCNC1CC(c2cc(Br)sc2C)C1(C)C. The molecule has 1 aromatic heterocycles. The maximum Gasteiger partial charge on any atom is 0.0704 e. The predicted octanol–water partition coefficient (Wildman–Crippen LogP) is 4.70. The molecule has 0 bridgehead atoms. The normalized spacial score (nSPS) is 26.9. The molecule has 0 spiro atoms. The lowest BCUT2D eigenvalue weighted by Crippen LogP contribution is -2.55. The Kier molecular flexibility index (Phi) is 4.01. The Morgan fingerprint density at radius 3 is 2.71 bits per heavy atom. The van der Waals surface area contributed by atoms with Crippen molar-refractivity contribution in [2.45, 2.75) is 52.5 Å². The van der Waals surface area contributed by atoms with Gasteiger partial charge in [-0.25, -0.2) is 0 Å². The molecular formula is C14H22BrNS. The van der Waals surface area contributed by atoms with Crippen molar-refractivity contribution in [1.82, 2.24) is 5.32 Å². The minimum Gasteiger partial charge on any atom is -0.313 e. The molecule has 96 valence electrons. The van der Waals surface area contributed by atoms with Crippen LogP contribution in [0.5, 0.6) is 0 Å². The first-order valence-corrected chi connectivity index (χ1v) is 8.07. The third kappa shape index (κ3) is 2.47. The summed E-state index contributed by atoms with van der Waals surface area (Å²) in [5.41, 5.74) is 1.95. The van der Waals surface area contributed by atoms with Crippen molar-refractivity contribution in [3.05, 3.63) is 20.3 Å². The van der Waals surface area contributed by atoms with E-state index in [1.807, 2.05) is 11.3 Å². The molecule has 3 heteroatoms. The summed E-state index contributed by atoms with van der Waals surface area (Å²) in [4.78, 5) is 1.48. The van der Waals surface area contributed by atoms with E-state index in [9.17, 15) is 0 Å². The second-order valence-corrected chi connectivity index (χ2v) is 8.31. The van der Waals surface area contributed by atoms with Crippen molar-refractivity contribution < 1.29 is 0 Å². The van der Waals surface area contributed by atoms with Gasteiger partial charge in [0.1, 0.15) is 0 Å². The standard InChI is InChI=1S/C14H22BrNS/c1-5-6-16-12-8-11(14(12,3)4)10-7-13(15)17-9(10)2/h7,11-12,16H,5-6,8H2,1-4H3. The smallest absolute Gasteiger partial charge is 0.0704 e. The third-order valence-corrected chi connectivity index (χ3v) is 5.78. The highest BCUT2D eigenvalue weighted by Gasteiger charge is 2.48. The van der Waals surface area contributed by atoms with Crippen LogP contribution in [-0.4, -0.2) is 12.6 Å². The lowest BCUT2D eigenvalue weighted by atomic mass is 9.56. The minimum atomic E-state index is 0.389. The molecule has 17 heavy (non-hydrogen) atoms. The molecule has 0 aliphatic heterocycles. The third-order valence-electron chi connectivity index (χ3n) is 4.21. The topological polar surface area (TPSA) is 12.0 Å². The monoisotopic (exact) mass is 315 g/mol. The van der Waals surface area contributed by atoms with Crippen LogP contribution in [0.2, 0.25) is 0 Å². The highest BCUT2D eigenvalue weighted by molar-refractivity contribution is 9.11. The van der Waals surface area contributed by atoms with E-state index in [0.29, 0.717) is 11.5 Å². The van der Waals surface area contributed by atoms with Gasteiger partial charge in [-0.05, 0) is 65.2 Å². The molecule has 0 radical (unpaired) electrons. The first kappa shape index (κ1) is 13.6. The van der Waals surface area contributed by atoms with E-state index in [0.717, 1.165) is 12.5 Å². The van der Waals surface area contributed by atoms with Crippen molar-refractivity contribution in [3.8, 4) is 0 Å². The Balaban J connectivity index is 2.08. The van der Waals surface area contributed by atoms with Crippen molar-refractivity contribution in [2.75, 3.05) is 6.54 Å². The zero-order chi connectivity index (χ0) is 12.6. The van der Waals surface area contributed by atoms with Crippen LogP contribution in [0.1, 0.15) is 50.0 Å². The minimum absolute atomic E-state index is 0.389. The van der Waals surface area contributed by atoms with Gasteiger partial charge in [-0.2, -0.15) is 0 Å². The second kappa shape index (κ2) is 5.02. The molecule has 2 rings (SSSR count). The first-order valence-electron chi connectivity index (χ1n) is 6.46. The van der Waals surface area contributed by atoms with Crippen LogP contribution in [0, 0.1) is 12.3 Å². The Labute approximate surface area is 117 Å². The molecule has 1 fully saturated rings. The van der Waals surface area contributed by atoms with E-state index in [-0.39, 0.29) is 0 Å². The van der Waals surface area contributed by atoms with Gasteiger partial charge in [0.05, 0.1) is 3.79 Å². The number of aryl methyl sites for hydroxylation is 1. The fourth-order valence-corrected chi connectivity index (χ4v) is 4.70. The van der Waals surface area contributed by atoms with Gasteiger partial charge in [-0.15, -0.1) is 11.3 Å². The van der Waals surface area contributed by atoms with Gasteiger partial charge in [-0.3, -0.25) is 0 Å². The Bertz CT molecular complexity index is 397. The molecule has 1 nitrogen and oxygen atoms in total. The molecule has 0 aromatic carbocycles. The lowest BCUT2D eigenvalue weighted by molar-refractivity contribution is 0.0694. The molecule has 1 aliphatic rings. The van der Waals surface area contributed by atoms with Crippen molar-refractivity contribution in [2.24, 2.45) is 5.41 Å². The lowest BCUT2D eigenvalue weighted by Gasteiger charge is -2.53. The number of hydrogen-bond donors (Lipinski definition) is 1. The molecule has 0 saturated heterocycles. The highest BCUT2D eigenvalue weighted by atomic mass is 79.9. The summed E-state index contributed by atoms with van der Waals surface area (Å²) in [7, 11) is 0. The zero-order valence-electron chi connectivity index (χ0n) is 11.1. The molecule has 2 unspecified atom stereocenters. The Morgan fingerprint density at radius 1 is 1.53 bits per heavy atom. The van der Waals surface area contributed by atoms with E-state index in [1.165, 1.54) is 21.5 Å². The quantitative estimate of drug-likeness (QED) is 0.849.